The molecule has 1 aliphatic rings. The summed E-state index contributed by atoms with van der Waals surface area (Å²) in [7, 11) is 0. The first-order chi connectivity index (χ1) is 17.4. The lowest BCUT2D eigenvalue weighted by atomic mass is 10.1. The van der Waals surface area contributed by atoms with Crippen molar-refractivity contribution in [2.24, 2.45) is 0 Å². The molecule has 0 unspecified atom stereocenters. The van der Waals surface area contributed by atoms with Crippen LogP contribution in [-0.4, -0.2) is 38.2 Å². The summed E-state index contributed by atoms with van der Waals surface area (Å²) in [6, 6.07) is 14.3. The van der Waals surface area contributed by atoms with Crippen LogP contribution in [0.1, 0.15) is 13.8 Å². The summed E-state index contributed by atoms with van der Waals surface area (Å²) >= 11 is 0. The number of benzene rings is 2. The highest BCUT2D eigenvalue weighted by atomic mass is 16.5. The zero-order valence-electron chi connectivity index (χ0n) is 19.8. The molecule has 4 rings (SSSR count). The monoisotopic (exact) mass is 474 g/mol. The Morgan fingerprint density at radius 2 is 1.72 bits per heavy atom. The Bertz CT molecular complexity index is 1480. The van der Waals surface area contributed by atoms with Crippen molar-refractivity contribution in [2.45, 2.75) is 13.8 Å². The standard InChI is InChI=1S/C15H11N3O2.C13H11N3/c1-2-9-20-11-7-8-14(15(19)10-11)18-16-12-5-3-4-6-13(12)17-18;1-5-6-16-10(2)7-12(8-11(16)3)13(9-14)15-4/h1,3-8,10,19H,9H2;1,7-8H,6H2,2-3H3. The van der Waals surface area contributed by atoms with Crippen LogP contribution < -0.4 is 4.74 Å². The number of allylic oxidation sites excluding steroid dienone is 6. The molecule has 2 aromatic carbocycles. The van der Waals surface area contributed by atoms with E-state index in [1.54, 1.807) is 24.3 Å². The number of aromatic hydroxyl groups is 1. The summed E-state index contributed by atoms with van der Waals surface area (Å²) in [5, 5.41) is 27.4. The molecule has 0 saturated carbocycles. The lowest BCUT2D eigenvalue weighted by Gasteiger charge is -2.27. The molecule has 176 valence electrons. The van der Waals surface area contributed by atoms with Crippen LogP contribution in [0.3, 0.4) is 0 Å². The molecule has 1 aliphatic heterocycles. The van der Waals surface area contributed by atoms with Gasteiger partial charge in [0.15, 0.2) is 0 Å². The van der Waals surface area contributed by atoms with Crippen molar-refractivity contribution < 1.29 is 9.84 Å². The van der Waals surface area contributed by atoms with E-state index in [4.69, 9.17) is 29.4 Å². The van der Waals surface area contributed by atoms with E-state index in [9.17, 15) is 5.11 Å². The third kappa shape index (κ3) is 5.72. The number of nitriles is 1. The molecule has 0 atom stereocenters. The Labute approximate surface area is 209 Å². The maximum Gasteiger partial charge on any atom is 0.269 e. The number of ether oxygens (including phenoxy) is 1. The third-order valence-electron chi connectivity index (χ3n) is 5.09. The molecule has 2 heterocycles. The summed E-state index contributed by atoms with van der Waals surface area (Å²) in [5.41, 5.74) is 4.67. The number of hydrogen-bond acceptors (Lipinski definition) is 6. The number of terminal acetylenes is 2. The van der Waals surface area contributed by atoms with E-state index in [1.165, 1.54) is 10.9 Å². The van der Waals surface area contributed by atoms with Crippen LogP contribution in [0.25, 0.3) is 21.6 Å². The van der Waals surface area contributed by atoms with Gasteiger partial charge in [-0.1, -0.05) is 24.0 Å². The van der Waals surface area contributed by atoms with Crippen molar-refractivity contribution in [3.8, 4) is 47.9 Å². The maximum atomic E-state index is 10.0. The number of rotatable bonds is 4. The van der Waals surface area contributed by atoms with E-state index < -0.39 is 0 Å². The van der Waals surface area contributed by atoms with Gasteiger partial charge in [0.1, 0.15) is 34.8 Å². The fourth-order valence-corrected chi connectivity index (χ4v) is 3.41. The van der Waals surface area contributed by atoms with E-state index >= 15 is 0 Å². The Balaban J connectivity index is 0.000000207. The summed E-state index contributed by atoms with van der Waals surface area (Å²) in [5.74, 6) is 5.47. The van der Waals surface area contributed by atoms with Gasteiger partial charge in [0, 0.05) is 17.5 Å². The fourth-order valence-electron chi connectivity index (χ4n) is 3.41. The largest absolute Gasteiger partial charge is 0.505 e. The number of phenols is 1. The number of fused-ring (bicyclic) bond motifs is 1. The molecule has 0 radical (unpaired) electrons. The number of nitrogens with zero attached hydrogens (tertiary/aromatic N) is 6. The lowest BCUT2D eigenvalue weighted by Crippen LogP contribution is -2.22. The molecule has 1 N–H and O–H groups in total. The third-order valence-corrected chi connectivity index (χ3v) is 5.09. The molecule has 0 bridgehead atoms. The van der Waals surface area contributed by atoms with E-state index in [2.05, 4.69) is 26.9 Å². The van der Waals surface area contributed by atoms with Crippen molar-refractivity contribution in [3.63, 3.8) is 0 Å². The predicted molar refractivity (Wildman–Crippen MR) is 137 cm³/mol. The van der Waals surface area contributed by atoms with Gasteiger partial charge in [-0.2, -0.15) is 0 Å². The number of hydrogen-bond donors (Lipinski definition) is 1. The van der Waals surface area contributed by atoms with Crippen LogP contribution in [-0.2, 0) is 0 Å². The van der Waals surface area contributed by atoms with Gasteiger partial charge in [-0.25, -0.2) is 10.1 Å². The Morgan fingerprint density at radius 1 is 1.08 bits per heavy atom. The first-order valence-electron chi connectivity index (χ1n) is 10.7. The van der Waals surface area contributed by atoms with Crippen molar-refractivity contribution in [3.05, 3.63) is 88.7 Å². The Kier molecular flexibility index (Phi) is 8.13. The maximum absolute atomic E-state index is 10.0. The highest BCUT2D eigenvalue weighted by Crippen LogP contribution is 2.27. The van der Waals surface area contributed by atoms with Crippen LogP contribution in [0.4, 0.5) is 0 Å². The van der Waals surface area contributed by atoms with Gasteiger partial charge in [-0.3, -0.25) is 0 Å². The molecule has 0 fully saturated rings. The minimum atomic E-state index is 0.0276. The molecule has 1 aromatic heterocycles. The second-order valence-electron chi connectivity index (χ2n) is 7.51. The molecule has 3 aromatic rings. The van der Waals surface area contributed by atoms with Gasteiger partial charge in [0.2, 0.25) is 0 Å². The molecule has 8 heteroatoms. The minimum absolute atomic E-state index is 0.0276. The summed E-state index contributed by atoms with van der Waals surface area (Å²) in [4.78, 5) is 6.55. The Morgan fingerprint density at radius 3 is 2.22 bits per heavy atom. The molecule has 36 heavy (non-hydrogen) atoms. The van der Waals surface area contributed by atoms with E-state index in [0.29, 0.717) is 23.6 Å². The van der Waals surface area contributed by atoms with Crippen LogP contribution in [0.2, 0.25) is 0 Å². The molecule has 0 spiro atoms. The summed E-state index contributed by atoms with van der Waals surface area (Å²) in [6.07, 6.45) is 14.0. The average molecular weight is 475 g/mol. The SMILES string of the molecule is C#CCOc1ccc(-n2nc3ccccc3n2)c(O)c1.[C-]#[N+]C(C#N)=C1C=C(C)N(CC#C)C(C)=C1. The fraction of sp³-hybridized carbons (Fsp3) is 0.143. The number of phenolic OH excluding ortho intramolecular Hbond substituents is 1. The molecule has 0 saturated heterocycles. The Hall–Kier alpha value is -5.44. The topological polar surface area (TPSA) is 91.6 Å². The normalized spacial score (nSPS) is 12.1. The van der Waals surface area contributed by atoms with E-state index in [0.717, 1.165) is 22.4 Å². The van der Waals surface area contributed by atoms with Gasteiger partial charge < -0.3 is 14.7 Å². The zero-order chi connectivity index (χ0) is 26.1. The second kappa shape index (κ2) is 11.6. The van der Waals surface area contributed by atoms with Crippen molar-refractivity contribution in [1.29, 1.82) is 5.26 Å². The van der Waals surface area contributed by atoms with Gasteiger partial charge in [0.25, 0.3) is 5.70 Å². The van der Waals surface area contributed by atoms with Gasteiger partial charge in [-0.15, -0.1) is 27.8 Å². The smallest absolute Gasteiger partial charge is 0.269 e. The highest BCUT2D eigenvalue weighted by Gasteiger charge is 2.14. The van der Waals surface area contributed by atoms with Crippen LogP contribution in [0, 0.1) is 42.6 Å². The van der Waals surface area contributed by atoms with Gasteiger partial charge in [0.05, 0.1) is 19.2 Å². The minimum Gasteiger partial charge on any atom is -0.505 e. The molecule has 0 aliphatic carbocycles. The second-order valence-corrected chi connectivity index (χ2v) is 7.51. The highest BCUT2D eigenvalue weighted by molar-refractivity contribution is 5.73. The van der Waals surface area contributed by atoms with Crippen molar-refractivity contribution in [2.75, 3.05) is 13.2 Å². The van der Waals surface area contributed by atoms with E-state index in [-0.39, 0.29) is 18.1 Å². The van der Waals surface area contributed by atoms with Gasteiger partial charge >= 0.3 is 0 Å². The van der Waals surface area contributed by atoms with Crippen LogP contribution in [0.5, 0.6) is 11.5 Å². The molecular weight excluding hydrogens is 452 g/mol. The summed E-state index contributed by atoms with van der Waals surface area (Å²) < 4.78 is 5.24. The first kappa shape index (κ1) is 25.2. The number of aromatic nitrogens is 3. The van der Waals surface area contributed by atoms with E-state index in [1.807, 2.05) is 49.1 Å². The van der Waals surface area contributed by atoms with Crippen LogP contribution in [0.15, 0.2) is 77.3 Å². The zero-order valence-corrected chi connectivity index (χ0v) is 19.8. The average Bonchev–Trinajstić information content (AvgIpc) is 3.30. The molecular formula is C28H22N6O2. The summed E-state index contributed by atoms with van der Waals surface area (Å²) in [6.45, 7) is 11.4. The van der Waals surface area contributed by atoms with Crippen molar-refractivity contribution >= 4 is 11.0 Å². The van der Waals surface area contributed by atoms with Crippen LogP contribution >= 0.6 is 0 Å². The quantitative estimate of drug-likeness (QED) is 0.338. The van der Waals surface area contributed by atoms with Crippen molar-refractivity contribution in [1.82, 2.24) is 19.9 Å². The first-order valence-corrected chi connectivity index (χ1v) is 10.7. The van der Waals surface area contributed by atoms with Gasteiger partial charge in [-0.05, 0) is 55.8 Å². The lowest BCUT2D eigenvalue weighted by molar-refractivity contribution is 0.366. The predicted octanol–water partition coefficient (Wildman–Crippen LogP) is 4.58. The molecule has 0 amide bonds. The molecule has 8 nitrogen and oxygen atoms in total.